The molecule has 4 heteroatoms. The molecule has 0 aliphatic rings. The Labute approximate surface area is 233 Å². The smallest absolute Gasteiger partial charge is 0.208 e. The van der Waals surface area contributed by atoms with E-state index >= 15 is 0 Å². The van der Waals surface area contributed by atoms with Crippen LogP contribution >= 0.6 is 15.9 Å². The van der Waals surface area contributed by atoms with Crippen molar-refractivity contribution in [3.63, 3.8) is 0 Å². The summed E-state index contributed by atoms with van der Waals surface area (Å²) >= 11 is 3.56. The number of hydrogen-bond acceptors (Lipinski definition) is 1. The molecule has 0 atom stereocenters. The maximum atomic E-state index is 5.22. The van der Waals surface area contributed by atoms with Gasteiger partial charge in [-0.25, -0.2) is 4.99 Å². The molecule has 198 valence electrons. The van der Waals surface area contributed by atoms with Gasteiger partial charge in [0.2, 0.25) is 5.96 Å². The first-order valence-corrected chi connectivity index (χ1v) is 14.7. The van der Waals surface area contributed by atoms with E-state index in [1.165, 1.54) is 39.2 Å². The minimum atomic E-state index is 0.389. The summed E-state index contributed by atoms with van der Waals surface area (Å²) in [5.74, 6) is 2.39. The lowest BCUT2D eigenvalue weighted by Gasteiger charge is -2.31. The summed E-state index contributed by atoms with van der Waals surface area (Å²) < 4.78 is 0. The van der Waals surface area contributed by atoms with Gasteiger partial charge in [0.05, 0.1) is 11.4 Å². The Bertz CT molecular complexity index is 1150. The maximum absolute atomic E-state index is 5.22. The average molecular weight is 563 g/mol. The van der Waals surface area contributed by atoms with E-state index in [0.29, 0.717) is 23.7 Å². The van der Waals surface area contributed by atoms with Crippen molar-refractivity contribution in [3.05, 3.63) is 88.5 Å². The third-order valence-electron chi connectivity index (χ3n) is 6.93. The summed E-state index contributed by atoms with van der Waals surface area (Å²) in [4.78, 5) is 7.49. The van der Waals surface area contributed by atoms with Gasteiger partial charge in [-0.1, -0.05) is 120 Å². The van der Waals surface area contributed by atoms with E-state index < -0.39 is 0 Å². The van der Waals surface area contributed by atoms with Gasteiger partial charge in [-0.2, -0.15) is 0 Å². The highest BCUT2D eigenvalue weighted by Gasteiger charge is 2.23. The molecule has 0 aliphatic heterocycles. The number of nitrogens with one attached hydrogen (secondary N) is 1. The van der Waals surface area contributed by atoms with Crippen LogP contribution in [0.15, 0.2) is 65.7 Å². The van der Waals surface area contributed by atoms with E-state index in [1.54, 1.807) is 0 Å². The van der Waals surface area contributed by atoms with E-state index in [2.05, 4.69) is 149 Å². The first-order valence-electron chi connectivity index (χ1n) is 13.5. The van der Waals surface area contributed by atoms with Crippen LogP contribution in [-0.2, 0) is 5.33 Å². The SMILES string of the molecule is CC(C)c1cccc(C(C)C)c1NC(=Nc1ccc(CBr)cc1)N(C)c1c(C(C)C)cccc1C(C)C. The number of hydrogen-bond donors (Lipinski definition) is 1. The van der Waals surface area contributed by atoms with E-state index in [4.69, 9.17) is 4.99 Å². The van der Waals surface area contributed by atoms with Gasteiger partial charge in [-0.3, -0.25) is 0 Å². The van der Waals surface area contributed by atoms with Crippen molar-refractivity contribution in [2.45, 2.75) is 84.4 Å². The van der Waals surface area contributed by atoms with Gasteiger partial charge in [0.25, 0.3) is 0 Å². The Morgan fingerprint density at radius 1 is 0.703 bits per heavy atom. The van der Waals surface area contributed by atoms with Crippen LogP contribution in [-0.4, -0.2) is 13.0 Å². The zero-order valence-electron chi connectivity index (χ0n) is 24.1. The second-order valence-corrected chi connectivity index (χ2v) is 11.7. The van der Waals surface area contributed by atoms with Crippen LogP contribution in [0.25, 0.3) is 0 Å². The van der Waals surface area contributed by atoms with Gasteiger partial charge < -0.3 is 10.2 Å². The summed E-state index contributed by atoms with van der Waals surface area (Å²) in [5, 5.41) is 4.69. The Kier molecular flexibility index (Phi) is 10.0. The van der Waals surface area contributed by atoms with Crippen LogP contribution in [0.1, 0.15) is 107 Å². The number of nitrogens with zero attached hydrogens (tertiary/aromatic N) is 2. The Morgan fingerprint density at radius 3 is 1.54 bits per heavy atom. The monoisotopic (exact) mass is 561 g/mol. The number of anilines is 2. The molecule has 0 unspecified atom stereocenters. The van der Waals surface area contributed by atoms with Crippen LogP contribution in [0.5, 0.6) is 0 Å². The second-order valence-electron chi connectivity index (χ2n) is 11.1. The quantitative estimate of drug-likeness (QED) is 0.168. The van der Waals surface area contributed by atoms with Crippen molar-refractivity contribution < 1.29 is 0 Å². The predicted octanol–water partition coefficient (Wildman–Crippen LogP) is 10.3. The second kappa shape index (κ2) is 12.8. The first kappa shape index (κ1) is 29.0. The summed E-state index contributed by atoms with van der Waals surface area (Å²) in [6.07, 6.45) is 0. The number of aliphatic imine (C=N–C) groups is 1. The molecular weight excluding hydrogens is 518 g/mol. The van der Waals surface area contributed by atoms with Crippen molar-refractivity contribution in [2.75, 3.05) is 17.3 Å². The lowest BCUT2D eigenvalue weighted by Crippen LogP contribution is -2.35. The number of para-hydroxylation sites is 2. The molecule has 0 heterocycles. The minimum Gasteiger partial charge on any atom is -0.325 e. The van der Waals surface area contributed by atoms with Crippen molar-refractivity contribution in [2.24, 2.45) is 4.99 Å². The third kappa shape index (κ3) is 6.84. The number of halogens is 1. The molecule has 0 bridgehead atoms. The molecule has 37 heavy (non-hydrogen) atoms. The summed E-state index contributed by atoms with van der Waals surface area (Å²) in [6, 6.07) is 21.8. The molecule has 0 aliphatic carbocycles. The molecule has 0 radical (unpaired) electrons. The molecule has 0 aromatic heterocycles. The lowest BCUT2D eigenvalue weighted by molar-refractivity contribution is 0.828. The van der Waals surface area contributed by atoms with Crippen LogP contribution in [0, 0.1) is 0 Å². The van der Waals surface area contributed by atoms with Gasteiger partial charge in [-0.05, 0) is 63.6 Å². The van der Waals surface area contributed by atoms with Crippen LogP contribution < -0.4 is 10.2 Å². The minimum absolute atomic E-state index is 0.389. The highest BCUT2D eigenvalue weighted by molar-refractivity contribution is 9.08. The fraction of sp³-hybridized carbons (Fsp3) is 0.424. The van der Waals surface area contributed by atoms with Crippen molar-refractivity contribution in [1.82, 2.24) is 0 Å². The summed E-state index contributed by atoms with van der Waals surface area (Å²) in [7, 11) is 2.15. The van der Waals surface area contributed by atoms with Gasteiger partial charge in [0.1, 0.15) is 0 Å². The Hall–Kier alpha value is -2.59. The zero-order valence-corrected chi connectivity index (χ0v) is 25.6. The normalized spacial score (nSPS) is 12.2. The average Bonchev–Trinajstić information content (AvgIpc) is 2.87. The standard InChI is InChI=1S/C33H44BrN3/c1-21(2)27-12-10-13-28(22(3)4)31(27)36-33(35-26-18-16-25(20-34)17-19-26)37(9)32-29(23(5)6)14-11-15-30(32)24(7)8/h10-19,21-24H,20H2,1-9H3,(H,35,36). The van der Waals surface area contributed by atoms with Gasteiger partial charge in [0, 0.05) is 18.1 Å². The van der Waals surface area contributed by atoms with Crippen LogP contribution in [0.2, 0.25) is 0 Å². The molecule has 3 aromatic rings. The molecule has 1 N–H and O–H groups in total. The third-order valence-corrected chi connectivity index (χ3v) is 7.58. The van der Waals surface area contributed by atoms with Crippen molar-refractivity contribution in [3.8, 4) is 0 Å². The maximum Gasteiger partial charge on any atom is 0.208 e. The van der Waals surface area contributed by atoms with Crippen LogP contribution in [0.3, 0.4) is 0 Å². The topological polar surface area (TPSA) is 27.6 Å². The molecular formula is C33H44BrN3. The fourth-order valence-electron chi connectivity index (χ4n) is 4.78. The largest absolute Gasteiger partial charge is 0.325 e. The van der Waals surface area contributed by atoms with E-state index in [9.17, 15) is 0 Å². The molecule has 0 saturated heterocycles. The van der Waals surface area contributed by atoms with Gasteiger partial charge >= 0.3 is 0 Å². The molecule has 3 aromatic carbocycles. The number of benzene rings is 3. The van der Waals surface area contributed by atoms with Gasteiger partial charge in [0.15, 0.2) is 0 Å². The summed E-state index contributed by atoms with van der Waals surface area (Å²) in [6.45, 7) is 18.1. The molecule has 0 saturated carbocycles. The van der Waals surface area contributed by atoms with Gasteiger partial charge in [-0.15, -0.1) is 0 Å². The molecule has 0 spiro atoms. The highest BCUT2D eigenvalue weighted by Crippen LogP contribution is 2.37. The predicted molar refractivity (Wildman–Crippen MR) is 167 cm³/mol. The summed E-state index contributed by atoms with van der Waals surface area (Å²) in [5.41, 5.74) is 9.86. The van der Waals surface area contributed by atoms with E-state index in [-0.39, 0.29) is 0 Å². The van der Waals surface area contributed by atoms with Crippen molar-refractivity contribution >= 4 is 39.0 Å². The number of guanidine groups is 1. The highest BCUT2D eigenvalue weighted by atomic mass is 79.9. The number of rotatable bonds is 8. The number of alkyl halides is 1. The van der Waals surface area contributed by atoms with E-state index in [0.717, 1.165) is 17.0 Å². The lowest BCUT2D eigenvalue weighted by atomic mass is 9.91. The molecule has 0 fully saturated rings. The molecule has 3 rings (SSSR count). The van der Waals surface area contributed by atoms with Crippen molar-refractivity contribution in [1.29, 1.82) is 0 Å². The zero-order chi connectivity index (χ0) is 27.3. The Morgan fingerprint density at radius 2 is 1.14 bits per heavy atom. The molecule has 3 nitrogen and oxygen atoms in total. The molecule has 0 amide bonds. The fourth-order valence-corrected chi connectivity index (χ4v) is 5.15. The Balaban J connectivity index is 2.26. The van der Waals surface area contributed by atoms with Crippen LogP contribution in [0.4, 0.5) is 17.1 Å². The first-order chi connectivity index (χ1) is 17.5. The van der Waals surface area contributed by atoms with E-state index in [1.807, 2.05) is 0 Å².